The number of rotatable bonds is 8. The molecule has 9 heteroatoms. The summed E-state index contributed by atoms with van der Waals surface area (Å²) in [5, 5.41) is 27.3. The van der Waals surface area contributed by atoms with Gasteiger partial charge >= 0.3 is 0 Å². The molecular weight excluding hydrogens is 589 g/mol. The third-order valence-corrected chi connectivity index (χ3v) is 14.9. The standard InChI is InChI=1S/C35H52N4O3S2/c1-33-11-13-43-44-22-34(27(20-38-32(36)39-34)15-23-6-3-7-24(14-23)19-37-2)10-4-8-28-30-17-26(33)16-25(21-41)29(9-5-12-40)35(30,33)18-31(28)42/h3,6-7,14,25-27,29,37,40-41H,4-5,8-13,15-22H2,1-2H3,(H3,36,38,39)/t25-,26-,27+,29-,33+,34-,35+/m1/s1. The van der Waals surface area contributed by atoms with E-state index in [-0.39, 0.29) is 41.4 Å². The number of benzene rings is 1. The molecule has 6 rings (SSSR count). The molecule has 5 bridgehead atoms. The summed E-state index contributed by atoms with van der Waals surface area (Å²) in [6.45, 7) is 4.39. The predicted octanol–water partition coefficient (Wildman–Crippen LogP) is 4.86. The molecule has 2 heterocycles. The first-order chi connectivity index (χ1) is 21.3. The highest BCUT2D eigenvalue weighted by Crippen LogP contribution is 2.75. The van der Waals surface area contributed by atoms with E-state index in [0.717, 1.165) is 81.4 Å². The van der Waals surface area contributed by atoms with Crippen molar-refractivity contribution in [3.8, 4) is 0 Å². The van der Waals surface area contributed by atoms with Gasteiger partial charge in [-0.15, -0.1) is 0 Å². The van der Waals surface area contributed by atoms with E-state index in [4.69, 9.17) is 5.73 Å². The van der Waals surface area contributed by atoms with Crippen LogP contribution in [0.15, 0.2) is 40.4 Å². The van der Waals surface area contributed by atoms with E-state index in [1.54, 1.807) is 0 Å². The van der Waals surface area contributed by atoms with Crippen molar-refractivity contribution in [1.29, 1.82) is 0 Å². The molecule has 2 aliphatic heterocycles. The lowest BCUT2D eigenvalue weighted by Crippen LogP contribution is -2.61. The van der Waals surface area contributed by atoms with Crippen molar-refractivity contribution < 1.29 is 15.0 Å². The van der Waals surface area contributed by atoms with Gasteiger partial charge in [0.05, 0.1) is 5.54 Å². The van der Waals surface area contributed by atoms with Crippen LogP contribution in [-0.4, -0.2) is 65.8 Å². The van der Waals surface area contributed by atoms with Crippen LogP contribution in [0.4, 0.5) is 0 Å². The maximum absolute atomic E-state index is 14.0. The molecule has 242 valence electrons. The molecule has 2 saturated carbocycles. The summed E-state index contributed by atoms with van der Waals surface area (Å²) in [5.41, 5.74) is 11.3. The van der Waals surface area contributed by atoms with Gasteiger partial charge in [0, 0.05) is 55.6 Å². The molecule has 0 radical (unpaired) electrons. The Kier molecular flexibility index (Phi) is 9.80. The first kappa shape index (κ1) is 32.4. The van der Waals surface area contributed by atoms with Gasteiger partial charge in [-0.1, -0.05) is 58.4 Å². The minimum Gasteiger partial charge on any atom is -0.396 e. The van der Waals surface area contributed by atoms with Crippen molar-refractivity contribution in [2.45, 2.75) is 83.2 Å². The fourth-order valence-electron chi connectivity index (χ4n) is 10.3. The fraction of sp³-hybridized carbons (Fsp3) is 0.714. The fourth-order valence-corrected chi connectivity index (χ4v) is 13.1. The van der Waals surface area contributed by atoms with E-state index in [9.17, 15) is 15.0 Å². The van der Waals surface area contributed by atoms with E-state index >= 15 is 0 Å². The number of hydrogen-bond acceptors (Lipinski definition) is 9. The zero-order chi connectivity index (χ0) is 31.0. The van der Waals surface area contributed by atoms with Crippen LogP contribution in [0.3, 0.4) is 0 Å². The van der Waals surface area contributed by atoms with Crippen molar-refractivity contribution in [3.63, 3.8) is 0 Å². The van der Waals surface area contributed by atoms with E-state index in [1.807, 2.05) is 28.6 Å². The summed E-state index contributed by atoms with van der Waals surface area (Å²) < 4.78 is 0. The van der Waals surface area contributed by atoms with Gasteiger partial charge in [-0.25, -0.2) is 0 Å². The highest BCUT2D eigenvalue weighted by Gasteiger charge is 2.69. The van der Waals surface area contributed by atoms with Crippen LogP contribution in [0, 0.1) is 34.5 Å². The molecule has 0 amide bonds. The van der Waals surface area contributed by atoms with Crippen LogP contribution in [0.2, 0.25) is 0 Å². The maximum atomic E-state index is 14.0. The van der Waals surface area contributed by atoms with Crippen LogP contribution >= 0.6 is 21.6 Å². The smallest absolute Gasteiger partial charge is 0.189 e. The molecule has 0 saturated heterocycles. The average molecular weight is 641 g/mol. The number of aliphatic hydroxyl groups is 2. The number of nitrogens with two attached hydrogens (primary N) is 1. The molecule has 2 fully saturated rings. The van der Waals surface area contributed by atoms with Gasteiger partial charge in [-0.3, -0.25) is 9.79 Å². The number of hydrogen-bond donors (Lipinski definition) is 5. The molecular formula is C35H52N4O3S2. The SMILES string of the molecule is CNCc1cccc(C[C@H]2CN=C(N)N[C@@]23CCCC2=C4C[C@H]5C[C@H](CO)[C@@H](CCCO)[C@]4(CC2=O)[C@@]5(C)CCSSC3)c1. The molecule has 44 heavy (non-hydrogen) atoms. The number of Topliss-reactive ketones (excluding diaryl/α,β-unsaturated/α-hetero) is 1. The van der Waals surface area contributed by atoms with E-state index < -0.39 is 0 Å². The second-order valence-electron chi connectivity index (χ2n) is 14.4. The Hall–Kier alpha value is -1.52. The number of guanidine groups is 1. The molecule has 7 nitrogen and oxygen atoms in total. The van der Waals surface area contributed by atoms with Gasteiger partial charge in [0.25, 0.3) is 0 Å². The highest BCUT2D eigenvalue weighted by atomic mass is 33.1. The number of carbonyl (C=O) groups is 1. The lowest BCUT2D eigenvalue weighted by Gasteiger charge is -2.57. The number of aliphatic hydroxyl groups excluding tert-OH is 2. The second kappa shape index (κ2) is 13.3. The number of aliphatic imine (C=N–C) groups is 1. The Bertz CT molecular complexity index is 1290. The molecule has 6 N–H and O–H groups in total. The maximum Gasteiger partial charge on any atom is 0.189 e. The molecule has 0 unspecified atom stereocenters. The quantitative estimate of drug-likeness (QED) is 0.256. The van der Waals surface area contributed by atoms with E-state index in [0.29, 0.717) is 36.5 Å². The Labute approximate surface area is 271 Å². The Morgan fingerprint density at radius 3 is 2.84 bits per heavy atom. The third kappa shape index (κ3) is 5.56. The lowest BCUT2D eigenvalue weighted by atomic mass is 9.47. The average Bonchev–Trinajstić information content (AvgIpc) is 3.34. The first-order valence-corrected chi connectivity index (χ1v) is 19.3. The Morgan fingerprint density at radius 2 is 2.05 bits per heavy atom. The monoisotopic (exact) mass is 640 g/mol. The molecule has 0 aromatic heterocycles. The van der Waals surface area contributed by atoms with E-state index in [2.05, 4.69) is 46.8 Å². The Morgan fingerprint density at radius 1 is 1.20 bits per heavy atom. The molecule has 2 spiro atoms. The van der Waals surface area contributed by atoms with Crippen molar-refractivity contribution in [3.05, 3.63) is 46.5 Å². The predicted molar refractivity (Wildman–Crippen MR) is 182 cm³/mol. The lowest BCUT2D eigenvalue weighted by molar-refractivity contribution is -0.125. The molecule has 7 atom stereocenters. The number of nitrogens with one attached hydrogen (secondary N) is 2. The first-order valence-electron chi connectivity index (χ1n) is 16.8. The summed E-state index contributed by atoms with van der Waals surface area (Å²) >= 11 is 0. The van der Waals surface area contributed by atoms with Crippen LogP contribution in [0.25, 0.3) is 0 Å². The van der Waals surface area contributed by atoms with Gasteiger partial charge in [0.15, 0.2) is 11.7 Å². The summed E-state index contributed by atoms with van der Waals surface area (Å²) in [4.78, 5) is 18.7. The number of nitrogens with zero attached hydrogens (tertiary/aromatic N) is 1. The van der Waals surface area contributed by atoms with Crippen LogP contribution in [0.5, 0.6) is 0 Å². The van der Waals surface area contributed by atoms with Crippen molar-refractivity contribution in [2.24, 2.45) is 45.2 Å². The molecule has 1 aromatic rings. The second-order valence-corrected chi connectivity index (χ2v) is 17.0. The van der Waals surface area contributed by atoms with Gasteiger partial charge < -0.3 is 26.6 Å². The van der Waals surface area contributed by atoms with Crippen molar-refractivity contribution in [1.82, 2.24) is 10.6 Å². The zero-order valence-corrected chi connectivity index (χ0v) is 28.2. The topological polar surface area (TPSA) is 120 Å². The molecule has 3 aliphatic carbocycles. The largest absolute Gasteiger partial charge is 0.396 e. The van der Waals surface area contributed by atoms with Crippen molar-refractivity contribution in [2.75, 3.05) is 38.3 Å². The van der Waals surface area contributed by atoms with Crippen LogP contribution < -0.4 is 16.4 Å². The minimum absolute atomic E-state index is 0.0475. The van der Waals surface area contributed by atoms with Gasteiger partial charge in [-0.2, -0.15) is 0 Å². The summed E-state index contributed by atoms with van der Waals surface area (Å²) in [7, 11) is 5.95. The summed E-state index contributed by atoms with van der Waals surface area (Å²) in [6.07, 6.45) is 9.00. The zero-order valence-electron chi connectivity index (χ0n) is 26.6. The minimum atomic E-state index is -0.189. The van der Waals surface area contributed by atoms with Gasteiger partial charge in [0.2, 0.25) is 0 Å². The molecule has 1 aromatic carbocycles. The highest BCUT2D eigenvalue weighted by molar-refractivity contribution is 8.76. The van der Waals surface area contributed by atoms with Crippen LogP contribution in [0.1, 0.15) is 75.8 Å². The van der Waals surface area contributed by atoms with Crippen LogP contribution in [-0.2, 0) is 17.8 Å². The van der Waals surface area contributed by atoms with Gasteiger partial charge in [0.1, 0.15) is 0 Å². The van der Waals surface area contributed by atoms with E-state index in [1.165, 1.54) is 16.7 Å². The Balaban J connectivity index is 1.32. The summed E-state index contributed by atoms with van der Waals surface area (Å²) in [6, 6.07) is 8.89. The van der Waals surface area contributed by atoms with Gasteiger partial charge in [-0.05, 0) is 105 Å². The summed E-state index contributed by atoms with van der Waals surface area (Å²) in [5.74, 6) is 4.18. The number of ketones is 1. The normalized spacial score (nSPS) is 37.3. The van der Waals surface area contributed by atoms with Crippen molar-refractivity contribution >= 4 is 33.3 Å². The third-order valence-electron chi connectivity index (χ3n) is 12.4. The number of carbonyl (C=O) groups excluding carboxylic acids is 1. The number of allylic oxidation sites excluding steroid dienone is 2. The molecule has 5 aliphatic rings.